The predicted octanol–water partition coefficient (Wildman–Crippen LogP) is 3.78. The first-order chi connectivity index (χ1) is 18.1. The summed E-state index contributed by atoms with van der Waals surface area (Å²) >= 11 is 6.13. The molecule has 38 heavy (non-hydrogen) atoms. The van der Waals surface area contributed by atoms with Crippen LogP contribution in [-0.4, -0.2) is 42.9 Å². The molecule has 4 aromatic rings. The maximum Gasteiger partial charge on any atom is 0.425 e. The molecule has 4 rings (SSSR count). The Hall–Kier alpha value is -5.43. The summed E-state index contributed by atoms with van der Waals surface area (Å²) in [5, 5.41) is 34.9. The van der Waals surface area contributed by atoms with Gasteiger partial charge in [0.15, 0.2) is 5.69 Å². The number of carbonyl (C=O) groups is 3. The molecule has 13 nitrogen and oxygen atoms in total. The lowest BCUT2D eigenvalue weighted by molar-refractivity contribution is -0.384. The molecule has 192 valence electrons. The lowest BCUT2D eigenvalue weighted by atomic mass is 9.98. The molecule has 0 aliphatic carbocycles. The molecule has 0 aliphatic rings. The van der Waals surface area contributed by atoms with E-state index in [1.807, 2.05) is 5.43 Å². The van der Waals surface area contributed by atoms with Gasteiger partial charge in [-0.1, -0.05) is 41.9 Å². The third kappa shape index (κ3) is 5.52. The van der Waals surface area contributed by atoms with Gasteiger partial charge in [0.1, 0.15) is 11.4 Å². The van der Waals surface area contributed by atoms with Gasteiger partial charge in [-0.2, -0.15) is 9.89 Å². The SMILES string of the molecule is O=C(O)Nn1nc(-c2cccc(Cl)c2)c(-c2cccc([N+](=O)[O-])c2)c1C(=O)NNC(=O)c1cccc(O)c1. The molecule has 0 aliphatic heterocycles. The summed E-state index contributed by atoms with van der Waals surface area (Å²) in [6.07, 6.45) is -1.56. The van der Waals surface area contributed by atoms with Crippen molar-refractivity contribution in [2.24, 2.45) is 0 Å². The van der Waals surface area contributed by atoms with E-state index in [0.717, 1.165) is 0 Å². The molecule has 14 heteroatoms. The van der Waals surface area contributed by atoms with Crippen molar-refractivity contribution in [3.63, 3.8) is 0 Å². The standard InChI is InChI=1S/C24H17ClN6O7/c25-16-7-1-5-14(10-16)20-19(13-4-2-8-17(11-13)31(37)38)21(30(28-20)29-24(35)36)23(34)27-26-22(33)15-6-3-9-18(32)12-15/h1-12,29,32H,(H,26,33)(H,27,34)(H,35,36). The van der Waals surface area contributed by atoms with Crippen LogP contribution in [0.4, 0.5) is 10.5 Å². The molecule has 0 fully saturated rings. The number of nitro benzene ring substituents is 1. The number of amides is 3. The maximum atomic E-state index is 13.3. The molecule has 3 aromatic carbocycles. The third-order valence-corrected chi connectivity index (χ3v) is 5.38. The average Bonchev–Trinajstić information content (AvgIpc) is 3.25. The Kier molecular flexibility index (Phi) is 7.21. The van der Waals surface area contributed by atoms with Crippen LogP contribution in [0.1, 0.15) is 20.8 Å². The van der Waals surface area contributed by atoms with Crippen LogP contribution in [0.5, 0.6) is 5.75 Å². The summed E-state index contributed by atoms with van der Waals surface area (Å²) in [6, 6.07) is 17.0. The van der Waals surface area contributed by atoms with E-state index in [9.17, 15) is 34.7 Å². The minimum atomic E-state index is -1.56. The minimum Gasteiger partial charge on any atom is -0.508 e. The van der Waals surface area contributed by atoms with Gasteiger partial charge in [0, 0.05) is 33.8 Å². The number of hydrogen-bond acceptors (Lipinski definition) is 7. The lowest BCUT2D eigenvalue weighted by Crippen LogP contribution is -2.43. The second-order valence-electron chi connectivity index (χ2n) is 7.68. The Morgan fingerprint density at radius 3 is 2.29 bits per heavy atom. The molecule has 5 N–H and O–H groups in total. The Labute approximate surface area is 218 Å². The second kappa shape index (κ2) is 10.7. The van der Waals surface area contributed by atoms with Gasteiger partial charge >= 0.3 is 6.09 Å². The van der Waals surface area contributed by atoms with Crippen molar-refractivity contribution in [3.8, 4) is 28.1 Å². The smallest absolute Gasteiger partial charge is 0.425 e. The Balaban J connectivity index is 1.85. The summed E-state index contributed by atoms with van der Waals surface area (Å²) in [5.74, 6) is -1.96. The quantitative estimate of drug-likeness (QED) is 0.182. The normalized spacial score (nSPS) is 10.4. The van der Waals surface area contributed by atoms with E-state index in [1.165, 1.54) is 54.6 Å². The van der Waals surface area contributed by atoms with Crippen LogP contribution in [0.25, 0.3) is 22.4 Å². The number of aromatic nitrogens is 2. The van der Waals surface area contributed by atoms with Crippen LogP contribution in [0.3, 0.4) is 0 Å². The number of nitrogens with one attached hydrogen (secondary N) is 3. The van der Waals surface area contributed by atoms with Crippen molar-refractivity contribution in [1.82, 2.24) is 20.7 Å². The fourth-order valence-electron chi connectivity index (χ4n) is 3.58. The monoisotopic (exact) mass is 536 g/mol. The zero-order chi connectivity index (χ0) is 27.4. The number of non-ortho nitro benzene ring substituents is 1. The molecular formula is C24H17ClN6O7. The van der Waals surface area contributed by atoms with Crippen LogP contribution < -0.4 is 16.3 Å². The highest BCUT2D eigenvalue weighted by Crippen LogP contribution is 2.36. The molecule has 0 radical (unpaired) electrons. The van der Waals surface area contributed by atoms with E-state index in [4.69, 9.17) is 11.6 Å². The third-order valence-electron chi connectivity index (χ3n) is 5.14. The fraction of sp³-hybridized carbons (Fsp3) is 0. The van der Waals surface area contributed by atoms with Crippen LogP contribution in [0.15, 0.2) is 72.8 Å². The number of hydrogen-bond donors (Lipinski definition) is 5. The largest absolute Gasteiger partial charge is 0.508 e. The highest BCUT2D eigenvalue weighted by molar-refractivity contribution is 6.30. The summed E-state index contributed by atoms with van der Waals surface area (Å²) in [4.78, 5) is 48.8. The van der Waals surface area contributed by atoms with Crippen LogP contribution in [0, 0.1) is 10.1 Å². The van der Waals surface area contributed by atoms with Gasteiger partial charge in [-0.05, 0) is 35.9 Å². The number of nitro groups is 1. The topological polar surface area (TPSA) is 189 Å². The number of hydrazine groups is 1. The van der Waals surface area contributed by atoms with Crippen LogP contribution in [0.2, 0.25) is 5.02 Å². The predicted molar refractivity (Wildman–Crippen MR) is 135 cm³/mol. The molecule has 3 amide bonds. The van der Waals surface area contributed by atoms with Crippen molar-refractivity contribution in [3.05, 3.63) is 99.2 Å². The second-order valence-corrected chi connectivity index (χ2v) is 8.11. The van der Waals surface area contributed by atoms with E-state index in [2.05, 4.69) is 16.0 Å². The summed E-state index contributed by atoms with van der Waals surface area (Å²) in [7, 11) is 0. The fourth-order valence-corrected chi connectivity index (χ4v) is 3.77. The van der Waals surface area contributed by atoms with Crippen molar-refractivity contribution >= 4 is 35.2 Å². The Morgan fingerprint density at radius 1 is 0.921 bits per heavy atom. The number of nitrogens with zero attached hydrogens (tertiary/aromatic N) is 3. The number of aromatic hydroxyl groups is 1. The maximum absolute atomic E-state index is 13.3. The van der Waals surface area contributed by atoms with Crippen molar-refractivity contribution in [1.29, 1.82) is 0 Å². The highest BCUT2D eigenvalue weighted by atomic mass is 35.5. The van der Waals surface area contributed by atoms with Crippen molar-refractivity contribution < 1.29 is 29.5 Å². The van der Waals surface area contributed by atoms with Gasteiger partial charge in [0.05, 0.1) is 4.92 Å². The molecule has 0 bridgehead atoms. The average molecular weight is 537 g/mol. The van der Waals surface area contributed by atoms with E-state index in [1.54, 1.807) is 18.2 Å². The first kappa shape index (κ1) is 25.7. The molecule has 0 unspecified atom stereocenters. The molecule has 1 aromatic heterocycles. The van der Waals surface area contributed by atoms with Crippen molar-refractivity contribution in [2.75, 3.05) is 5.43 Å². The number of phenolic OH excluding ortho intramolecular Hbond substituents is 1. The van der Waals surface area contributed by atoms with Gasteiger partial charge < -0.3 is 10.2 Å². The lowest BCUT2D eigenvalue weighted by Gasteiger charge is -2.11. The molecule has 0 atom stereocenters. The molecular weight excluding hydrogens is 520 g/mol. The number of carbonyl (C=O) groups excluding carboxylic acids is 2. The van der Waals surface area contributed by atoms with Gasteiger partial charge in [-0.3, -0.25) is 30.6 Å². The number of phenols is 1. The zero-order valence-corrected chi connectivity index (χ0v) is 19.8. The first-order valence-corrected chi connectivity index (χ1v) is 11.1. The number of benzene rings is 3. The first-order valence-electron chi connectivity index (χ1n) is 10.7. The number of carboxylic acid groups (broad SMARTS) is 1. The molecule has 0 saturated heterocycles. The number of rotatable bonds is 6. The Bertz CT molecular complexity index is 1590. The number of halogens is 1. The molecule has 0 spiro atoms. The minimum absolute atomic E-state index is 0.0221. The Morgan fingerprint density at radius 2 is 1.61 bits per heavy atom. The van der Waals surface area contributed by atoms with Gasteiger partial charge in [-0.25, -0.2) is 10.2 Å². The van der Waals surface area contributed by atoms with Gasteiger partial charge in [-0.15, -0.1) is 0 Å². The summed E-state index contributed by atoms with van der Waals surface area (Å²) in [6.45, 7) is 0. The van der Waals surface area contributed by atoms with Crippen molar-refractivity contribution in [2.45, 2.75) is 0 Å². The van der Waals surface area contributed by atoms with Gasteiger partial charge in [0.2, 0.25) is 0 Å². The zero-order valence-electron chi connectivity index (χ0n) is 19.1. The van der Waals surface area contributed by atoms with E-state index < -0.39 is 22.8 Å². The summed E-state index contributed by atoms with van der Waals surface area (Å²) in [5.41, 5.74) is 6.33. The van der Waals surface area contributed by atoms with E-state index in [-0.39, 0.29) is 39.5 Å². The molecule has 0 saturated carbocycles. The highest BCUT2D eigenvalue weighted by Gasteiger charge is 2.28. The summed E-state index contributed by atoms with van der Waals surface area (Å²) < 4.78 is 0. The van der Waals surface area contributed by atoms with E-state index >= 15 is 0 Å². The van der Waals surface area contributed by atoms with Gasteiger partial charge in [0.25, 0.3) is 17.5 Å². The van der Waals surface area contributed by atoms with Crippen LogP contribution >= 0.6 is 11.6 Å². The van der Waals surface area contributed by atoms with E-state index in [0.29, 0.717) is 15.4 Å². The van der Waals surface area contributed by atoms with Crippen LogP contribution in [-0.2, 0) is 0 Å². The molecule has 1 heterocycles.